The third-order valence-corrected chi connectivity index (χ3v) is 2.13. The molecule has 0 unspecified atom stereocenters. The second-order valence-electron chi connectivity index (χ2n) is 4.20. The highest BCUT2D eigenvalue weighted by Gasteiger charge is 2.13. The molecule has 1 atom stereocenters. The second kappa shape index (κ2) is 14.5. The summed E-state index contributed by atoms with van der Waals surface area (Å²) in [7, 11) is 0. The number of primary amides is 2. The summed E-state index contributed by atoms with van der Waals surface area (Å²) >= 11 is 0. The number of carbonyl (C=O) groups is 3. The van der Waals surface area contributed by atoms with E-state index in [1.165, 1.54) is 0 Å². The molecule has 0 aliphatic rings. The summed E-state index contributed by atoms with van der Waals surface area (Å²) in [5.74, 6) is -1.65. The van der Waals surface area contributed by atoms with Crippen LogP contribution in [0.1, 0.15) is 32.6 Å². The molecule has 0 saturated heterocycles. The highest BCUT2D eigenvalue weighted by molar-refractivity contribution is 5.95. The Bertz CT molecular complexity index is 329. The molecule has 8 nitrogen and oxygen atoms in total. The van der Waals surface area contributed by atoms with Crippen molar-refractivity contribution in [2.75, 3.05) is 13.2 Å². The lowest BCUT2D eigenvalue weighted by molar-refractivity contribution is -0.145. The molecule has 0 aliphatic carbocycles. The Labute approximate surface area is 124 Å². The van der Waals surface area contributed by atoms with Crippen LogP contribution in [0.25, 0.3) is 0 Å². The molecule has 2 amide bonds. The van der Waals surface area contributed by atoms with Gasteiger partial charge in [-0.1, -0.05) is 13.3 Å². The van der Waals surface area contributed by atoms with E-state index in [9.17, 15) is 14.4 Å². The van der Waals surface area contributed by atoms with Crippen molar-refractivity contribution >= 4 is 17.8 Å². The van der Waals surface area contributed by atoms with E-state index in [2.05, 4.69) is 11.5 Å². The molecule has 0 radical (unpaired) electrons. The average molecular weight is 302 g/mol. The van der Waals surface area contributed by atoms with Gasteiger partial charge in [-0.15, -0.1) is 0 Å². The standard InChI is InChI=1S/C9H20N2O2.C4H6N2O2/c1-2-7-13-9(12)8(11)5-3-4-6-10;5-3(7)1-2-4(6)8/h8H,2-7,10-11H2,1H3;1-2H,(H2,5,7)(H2,6,8)/b;2-1+/t8-;/m0./s1. The van der Waals surface area contributed by atoms with Gasteiger partial charge in [-0.05, 0) is 25.8 Å². The first kappa shape index (κ1) is 21.4. The van der Waals surface area contributed by atoms with Gasteiger partial charge in [0, 0.05) is 12.2 Å². The predicted octanol–water partition coefficient (Wildman–Crippen LogP) is -1.09. The first-order chi connectivity index (χ1) is 9.84. The maximum atomic E-state index is 11.1. The molecule has 0 aromatic heterocycles. The average Bonchev–Trinajstić information content (AvgIpc) is 2.43. The highest BCUT2D eigenvalue weighted by Crippen LogP contribution is 2.00. The van der Waals surface area contributed by atoms with E-state index >= 15 is 0 Å². The Morgan fingerprint density at radius 1 is 1.10 bits per heavy atom. The van der Waals surface area contributed by atoms with Gasteiger partial charge >= 0.3 is 5.97 Å². The number of rotatable bonds is 9. The Balaban J connectivity index is 0. The number of hydrogen-bond donors (Lipinski definition) is 4. The van der Waals surface area contributed by atoms with E-state index in [4.69, 9.17) is 16.2 Å². The van der Waals surface area contributed by atoms with E-state index in [0.717, 1.165) is 31.4 Å². The summed E-state index contributed by atoms with van der Waals surface area (Å²) in [5.41, 5.74) is 20.1. The molecule has 0 heterocycles. The van der Waals surface area contributed by atoms with Gasteiger partial charge in [-0.3, -0.25) is 14.4 Å². The Hall–Kier alpha value is -1.93. The van der Waals surface area contributed by atoms with Crippen molar-refractivity contribution in [2.45, 2.75) is 38.6 Å². The first-order valence-electron chi connectivity index (χ1n) is 6.74. The van der Waals surface area contributed by atoms with Gasteiger partial charge in [0.1, 0.15) is 6.04 Å². The number of amides is 2. The van der Waals surface area contributed by atoms with Gasteiger partial charge in [0.15, 0.2) is 0 Å². The number of ether oxygens (including phenoxy) is 1. The van der Waals surface area contributed by atoms with Crippen molar-refractivity contribution in [1.82, 2.24) is 0 Å². The monoisotopic (exact) mass is 302 g/mol. The molecule has 0 spiro atoms. The number of unbranched alkanes of at least 4 members (excludes halogenated alkanes) is 1. The molecule has 0 bridgehead atoms. The van der Waals surface area contributed by atoms with Crippen molar-refractivity contribution in [3.63, 3.8) is 0 Å². The first-order valence-corrected chi connectivity index (χ1v) is 6.74. The second-order valence-corrected chi connectivity index (χ2v) is 4.20. The van der Waals surface area contributed by atoms with Crippen LogP contribution in [-0.4, -0.2) is 37.0 Å². The van der Waals surface area contributed by atoms with Crippen LogP contribution >= 0.6 is 0 Å². The molecule has 8 heteroatoms. The van der Waals surface area contributed by atoms with E-state index in [0.29, 0.717) is 19.6 Å². The minimum absolute atomic E-state index is 0.293. The summed E-state index contributed by atoms with van der Waals surface area (Å²) in [6.45, 7) is 3.06. The largest absolute Gasteiger partial charge is 0.465 e. The van der Waals surface area contributed by atoms with E-state index in [-0.39, 0.29) is 5.97 Å². The van der Waals surface area contributed by atoms with Gasteiger partial charge in [-0.25, -0.2) is 0 Å². The van der Waals surface area contributed by atoms with Crippen LogP contribution in [0.2, 0.25) is 0 Å². The van der Waals surface area contributed by atoms with Crippen LogP contribution in [0.3, 0.4) is 0 Å². The SMILES string of the molecule is CCCOC(=O)[C@@H](N)CCCCN.NC(=O)/C=C/C(N)=O. The zero-order chi connectivity index (χ0) is 16.7. The summed E-state index contributed by atoms with van der Waals surface area (Å²) in [5, 5.41) is 0. The molecule has 0 rings (SSSR count). The van der Waals surface area contributed by atoms with Crippen LogP contribution in [0.4, 0.5) is 0 Å². The predicted molar refractivity (Wildman–Crippen MR) is 79.7 cm³/mol. The molecule has 0 fully saturated rings. The third-order valence-electron chi connectivity index (χ3n) is 2.13. The molecule has 8 N–H and O–H groups in total. The lowest BCUT2D eigenvalue weighted by Gasteiger charge is -2.10. The number of nitrogens with two attached hydrogens (primary N) is 4. The van der Waals surface area contributed by atoms with Crippen LogP contribution < -0.4 is 22.9 Å². The highest BCUT2D eigenvalue weighted by atomic mass is 16.5. The number of carbonyl (C=O) groups excluding carboxylic acids is 3. The van der Waals surface area contributed by atoms with Crippen molar-refractivity contribution in [2.24, 2.45) is 22.9 Å². The van der Waals surface area contributed by atoms with Gasteiger partial charge in [0.2, 0.25) is 11.8 Å². The Kier molecular flexibility index (Phi) is 14.7. The molecule has 122 valence electrons. The minimum Gasteiger partial charge on any atom is -0.465 e. The lowest BCUT2D eigenvalue weighted by atomic mass is 10.1. The molecule has 0 saturated carbocycles. The third kappa shape index (κ3) is 18.1. The van der Waals surface area contributed by atoms with E-state index in [1.807, 2.05) is 6.92 Å². The fourth-order valence-corrected chi connectivity index (χ4v) is 1.10. The van der Waals surface area contributed by atoms with Crippen LogP contribution in [0.5, 0.6) is 0 Å². The van der Waals surface area contributed by atoms with Crippen molar-refractivity contribution < 1.29 is 19.1 Å². The van der Waals surface area contributed by atoms with Crippen LogP contribution in [0.15, 0.2) is 12.2 Å². The van der Waals surface area contributed by atoms with Gasteiger partial charge < -0.3 is 27.7 Å². The maximum absolute atomic E-state index is 11.1. The molecular weight excluding hydrogens is 276 g/mol. The number of hydrogen-bond acceptors (Lipinski definition) is 6. The Morgan fingerprint density at radius 3 is 2.00 bits per heavy atom. The summed E-state index contributed by atoms with van der Waals surface area (Å²) in [6.07, 6.45) is 5.11. The summed E-state index contributed by atoms with van der Waals surface area (Å²) < 4.78 is 4.89. The smallest absolute Gasteiger partial charge is 0.322 e. The molecule has 0 aromatic rings. The number of esters is 1. The van der Waals surface area contributed by atoms with Crippen LogP contribution in [-0.2, 0) is 19.1 Å². The lowest BCUT2D eigenvalue weighted by Crippen LogP contribution is -2.32. The van der Waals surface area contributed by atoms with Gasteiger partial charge in [-0.2, -0.15) is 0 Å². The van der Waals surface area contributed by atoms with Crippen molar-refractivity contribution in [3.8, 4) is 0 Å². The Morgan fingerprint density at radius 2 is 1.62 bits per heavy atom. The molecule has 0 aromatic carbocycles. The zero-order valence-corrected chi connectivity index (χ0v) is 12.4. The van der Waals surface area contributed by atoms with Crippen molar-refractivity contribution in [1.29, 1.82) is 0 Å². The van der Waals surface area contributed by atoms with Gasteiger partial charge in [0.25, 0.3) is 0 Å². The van der Waals surface area contributed by atoms with Gasteiger partial charge in [0.05, 0.1) is 6.61 Å². The fraction of sp³-hybridized carbons (Fsp3) is 0.615. The minimum atomic E-state index is -0.677. The van der Waals surface area contributed by atoms with Crippen molar-refractivity contribution in [3.05, 3.63) is 12.2 Å². The summed E-state index contributed by atoms with van der Waals surface area (Å²) in [4.78, 5) is 30.8. The normalized spacial score (nSPS) is 11.4. The maximum Gasteiger partial charge on any atom is 0.322 e. The van der Waals surface area contributed by atoms with E-state index in [1.54, 1.807) is 0 Å². The summed E-state index contributed by atoms with van der Waals surface area (Å²) in [6, 6.07) is -0.474. The quantitative estimate of drug-likeness (QED) is 0.240. The zero-order valence-electron chi connectivity index (χ0n) is 12.4. The molecular formula is C13H26N4O4. The fourth-order valence-electron chi connectivity index (χ4n) is 1.10. The molecule has 0 aliphatic heterocycles. The van der Waals surface area contributed by atoms with E-state index < -0.39 is 17.9 Å². The topological polar surface area (TPSA) is 165 Å². The van der Waals surface area contributed by atoms with Crippen LogP contribution in [0, 0.1) is 0 Å². The molecule has 21 heavy (non-hydrogen) atoms.